The number of furan rings is 1. The van der Waals surface area contributed by atoms with E-state index in [4.69, 9.17) is 9.52 Å². The molecule has 0 radical (unpaired) electrons. The first kappa shape index (κ1) is 29.1. The Kier molecular flexibility index (Phi) is 6.76. The molecule has 2 atom stereocenters. The van der Waals surface area contributed by atoms with E-state index in [0.29, 0.717) is 5.92 Å². The minimum Gasteiger partial charge on any atom is -0.455 e. The second-order valence-corrected chi connectivity index (χ2v) is 13.9. The Morgan fingerprint density at radius 2 is 1.46 bits per heavy atom. The van der Waals surface area contributed by atoms with E-state index in [1.54, 1.807) is 0 Å². The van der Waals surface area contributed by atoms with E-state index in [1.165, 1.54) is 22.2 Å². The summed E-state index contributed by atoms with van der Waals surface area (Å²) in [5.41, 5.74) is 13.3. The summed E-state index contributed by atoms with van der Waals surface area (Å²) in [6.07, 6.45) is 13.6. The van der Waals surface area contributed by atoms with Gasteiger partial charge in [0.25, 0.3) is 0 Å². The molecule has 3 aromatic heterocycles. The molecule has 2 aliphatic rings. The number of para-hydroxylation sites is 2. The van der Waals surface area contributed by atoms with Crippen molar-refractivity contribution in [2.24, 2.45) is 5.92 Å². The quantitative estimate of drug-likeness (QED) is 0.174. The predicted octanol–water partition coefficient (Wildman–Crippen LogP) is 12.2. The van der Waals surface area contributed by atoms with Crippen LogP contribution in [0.3, 0.4) is 0 Å². The number of fused-ring (bicyclic) bond motifs is 6. The van der Waals surface area contributed by atoms with Crippen LogP contribution >= 0.6 is 0 Å². The van der Waals surface area contributed by atoms with E-state index >= 15 is 0 Å². The van der Waals surface area contributed by atoms with Crippen molar-refractivity contribution >= 4 is 38.9 Å². The molecule has 0 aliphatic heterocycles. The minimum atomic E-state index is 0.150. The maximum Gasteiger partial charge on any atom is 0.143 e. The van der Waals surface area contributed by atoms with Crippen molar-refractivity contribution in [2.45, 2.75) is 38.6 Å². The molecule has 50 heavy (non-hydrogen) atoms. The number of hydrogen-bond acceptors (Lipinski definition) is 2. The van der Waals surface area contributed by atoms with Crippen molar-refractivity contribution in [1.82, 2.24) is 14.3 Å². The highest BCUT2D eigenvalue weighted by Gasteiger charge is 2.30. The highest BCUT2D eigenvalue weighted by Crippen LogP contribution is 2.48. The van der Waals surface area contributed by atoms with Crippen LogP contribution in [0.25, 0.3) is 78.2 Å². The molecule has 4 nitrogen and oxygen atoms in total. The van der Waals surface area contributed by atoms with Crippen LogP contribution in [0.1, 0.15) is 43.5 Å². The first-order valence-electron chi connectivity index (χ1n) is 17.9. The van der Waals surface area contributed by atoms with Gasteiger partial charge in [0, 0.05) is 49.8 Å². The number of hydrogen-bond donors (Lipinski definition) is 0. The predicted molar refractivity (Wildman–Crippen MR) is 207 cm³/mol. The number of aryl methyl sites for hydroxylation is 1. The third kappa shape index (κ3) is 4.55. The van der Waals surface area contributed by atoms with E-state index in [-0.39, 0.29) is 6.04 Å². The van der Waals surface area contributed by atoms with Crippen LogP contribution in [0.5, 0.6) is 0 Å². The van der Waals surface area contributed by atoms with Crippen LogP contribution in [-0.2, 0) is 6.42 Å². The Morgan fingerprint density at radius 1 is 0.720 bits per heavy atom. The fourth-order valence-electron chi connectivity index (χ4n) is 8.34. The smallest absolute Gasteiger partial charge is 0.143 e. The van der Waals surface area contributed by atoms with Crippen LogP contribution in [0.4, 0.5) is 0 Å². The van der Waals surface area contributed by atoms with Gasteiger partial charge in [-0.3, -0.25) is 4.68 Å². The summed E-state index contributed by atoms with van der Waals surface area (Å²) < 4.78 is 11.6. The number of nitrogens with zero attached hydrogens (tertiary/aromatic N) is 3. The molecule has 0 N–H and O–H groups in total. The second kappa shape index (κ2) is 11.6. The highest BCUT2D eigenvalue weighted by molar-refractivity contribution is 6.13. The van der Waals surface area contributed by atoms with Gasteiger partial charge in [0.1, 0.15) is 16.9 Å². The van der Waals surface area contributed by atoms with Gasteiger partial charge in [-0.2, -0.15) is 5.10 Å². The minimum absolute atomic E-state index is 0.150. The largest absolute Gasteiger partial charge is 0.455 e. The van der Waals surface area contributed by atoms with Gasteiger partial charge in [-0.1, -0.05) is 122 Å². The fraction of sp³-hybridized carbons (Fsp3) is 0.152. The molecule has 0 saturated carbocycles. The zero-order chi connectivity index (χ0) is 33.2. The summed E-state index contributed by atoms with van der Waals surface area (Å²) in [4.78, 5) is 0. The molecule has 5 aromatic carbocycles. The van der Waals surface area contributed by atoms with E-state index < -0.39 is 0 Å². The van der Waals surface area contributed by atoms with Gasteiger partial charge in [-0.05, 0) is 67.5 Å². The Labute approximate surface area is 291 Å². The lowest BCUT2D eigenvalue weighted by Gasteiger charge is -2.23. The van der Waals surface area contributed by atoms with Gasteiger partial charge < -0.3 is 8.98 Å². The van der Waals surface area contributed by atoms with Crippen molar-refractivity contribution in [1.29, 1.82) is 0 Å². The maximum atomic E-state index is 6.89. The van der Waals surface area contributed by atoms with Crippen molar-refractivity contribution in [3.63, 3.8) is 0 Å². The van der Waals surface area contributed by atoms with E-state index in [1.807, 2.05) is 0 Å². The number of rotatable bonds is 5. The van der Waals surface area contributed by atoms with E-state index in [9.17, 15) is 0 Å². The Balaban J connectivity index is 1.36. The molecule has 0 amide bonds. The SMILES string of the molecule is CC1C=CC(n2nc(-c3ccccc3)c(-c3cc(-n4c5c(c6ccccc64)CCC=C5)cc4c3oc3ccccc34)c2-c2ccccc2)CC1. The normalized spacial score (nSPS) is 17.2. The summed E-state index contributed by atoms with van der Waals surface area (Å²) in [7, 11) is 0. The summed E-state index contributed by atoms with van der Waals surface area (Å²) >= 11 is 0. The molecule has 0 saturated heterocycles. The third-order valence-electron chi connectivity index (χ3n) is 10.7. The molecule has 0 spiro atoms. The molecule has 2 aliphatic carbocycles. The van der Waals surface area contributed by atoms with Crippen LogP contribution in [0, 0.1) is 5.92 Å². The molecular formula is C46H37N3O. The van der Waals surface area contributed by atoms with Crippen LogP contribution in [-0.4, -0.2) is 14.3 Å². The van der Waals surface area contributed by atoms with Gasteiger partial charge >= 0.3 is 0 Å². The lowest BCUT2D eigenvalue weighted by atomic mass is 9.92. The molecular weight excluding hydrogens is 611 g/mol. The molecule has 0 fully saturated rings. The Bertz CT molecular complexity index is 2620. The lowest BCUT2D eigenvalue weighted by molar-refractivity contribution is 0.438. The van der Waals surface area contributed by atoms with Crippen molar-refractivity contribution in [3.8, 4) is 39.3 Å². The van der Waals surface area contributed by atoms with Crippen LogP contribution in [0.15, 0.2) is 144 Å². The summed E-state index contributed by atoms with van der Waals surface area (Å²) in [6.45, 7) is 2.30. The van der Waals surface area contributed by atoms with Crippen molar-refractivity contribution < 1.29 is 4.42 Å². The molecule has 2 unspecified atom stereocenters. The van der Waals surface area contributed by atoms with Crippen molar-refractivity contribution in [2.75, 3.05) is 0 Å². The molecule has 3 heterocycles. The average Bonchev–Trinajstić information content (AvgIpc) is 3.86. The van der Waals surface area contributed by atoms with Crippen LogP contribution in [0.2, 0.25) is 0 Å². The Hall–Kier alpha value is -5.87. The standard InChI is InChI=1S/C46H37N3O/c1-30-24-26-33(27-25-30)49-45(32-16-6-3-7-17-32)43(44(47-49)31-14-4-2-5-15-31)39-29-34(28-38-37-20-10-13-23-42(37)50-46(38)39)48-40-21-11-8-18-35(40)36-19-9-12-22-41(36)48/h2-8,10-18,20-24,26,28-30,33H,9,19,25,27H2,1H3. The number of benzene rings is 5. The first-order chi connectivity index (χ1) is 24.7. The summed E-state index contributed by atoms with van der Waals surface area (Å²) in [5, 5.41) is 9.11. The molecule has 0 bridgehead atoms. The first-order valence-corrected chi connectivity index (χ1v) is 17.9. The summed E-state index contributed by atoms with van der Waals surface area (Å²) in [5.74, 6) is 0.568. The average molecular weight is 648 g/mol. The zero-order valence-corrected chi connectivity index (χ0v) is 28.1. The van der Waals surface area contributed by atoms with Gasteiger partial charge in [-0.25, -0.2) is 0 Å². The maximum absolute atomic E-state index is 6.89. The monoisotopic (exact) mass is 647 g/mol. The van der Waals surface area contributed by atoms with Crippen molar-refractivity contribution in [3.05, 3.63) is 151 Å². The van der Waals surface area contributed by atoms with E-state index in [0.717, 1.165) is 87.0 Å². The fourth-order valence-corrected chi connectivity index (χ4v) is 8.34. The van der Waals surface area contributed by atoms with E-state index in [2.05, 4.69) is 162 Å². The van der Waals surface area contributed by atoms with Crippen LogP contribution < -0.4 is 0 Å². The number of allylic oxidation sites excluding steroid dienone is 3. The molecule has 4 heteroatoms. The molecule has 8 aromatic rings. The highest BCUT2D eigenvalue weighted by atomic mass is 16.3. The Morgan fingerprint density at radius 3 is 2.26 bits per heavy atom. The van der Waals surface area contributed by atoms with Gasteiger partial charge in [-0.15, -0.1) is 0 Å². The molecule has 242 valence electrons. The summed E-state index contributed by atoms with van der Waals surface area (Å²) in [6, 6.07) is 43.6. The topological polar surface area (TPSA) is 35.9 Å². The molecule has 10 rings (SSSR count). The van der Waals surface area contributed by atoms with Gasteiger partial charge in [0.15, 0.2) is 0 Å². The number of aromatic nitrogens is 3. The van der Waals surface area contributed by atoms with Gasteiger partial charge in [0.2, 0.25) is 0 Å². The second-order valence-electron chi connectivity index (χ2n) is 13.9. The lowest BCUT2D eigenvalue weighted by Crippen LogP contribution is -2.14. The third-order valence-corrected chi connectivity index (χ3v) is 10.7. The zero-order valence-electron chi connectivity index (χ0n) is 28.1. The van der Waals surface area contributed by atoms with Gasteiger partial charge in [0.05, 0.1) is 17.3 Å².